The molecule has 0 saturated carbocycles. The second-order valence-electron chi connectivity index (χ2n) is 11.7. The number of carbonyl (C=O) groups excluding carboxylic acids is 3. The molecule has 198 valence electrons. The Morgan fingerprint density at radius 2 is 1.08 bits per heavy atom. The van der Waals surface area contributed by atoms with E-state index in [2.05, 4.69) is 9.97 Å². The molecule has 0 saturated heterocycles. The first-order valence-corrected chi connectivity index (χ1v) is 11.0. The molecule has 13 heteroatoms. The average Bonchev–Trinajstić information content (AvgIpc) is 2.59. The van der Waals surface area contributed by atoms with Crippen LogP contribution in [0.2, 0.25) is 0 Å². The first-order chi connectivity index (χ1) is 15.5. The molecule has 0 spiro atoms. The van der Waals surface area contributed by atoms with Gasteiger partial charge in [0.2, 0.25) is 0 Å². The summed E-state index contributed by atoms with van der Waals surface area (Å²) in [5.74, 6) is -2.53. The average molecular weight is 521 g/mol. The van der Waals surface area contributed by atoms with Crippen LogP contribution in [0, 0.1) is 0 Å². The SMILES string of the molecule is CC(C)(C)OC(=O)N(OC(C)(C)C)c1cc(C(=O)[O-])nc(N(OC(C)(C)C)C(=O)OC(C)(C)C)n1.[Na+]. The Bertz CT molecular complexity index is 877. The van der Waals surface area contributed by atoms with Crippen LogP contribution in [0.15, 0.2) is 6.07 Å². The summed E-state index contributed by atoms with van der Waals surface area (Å²) in [5, 5.41) is 13.1. The number of hydroxylamine groups is 2. The summed E-state index contributed by atoms with van der Waals surface area (Å²) >= 11 is 0. The summed E-state index contributed by atoms with van der Waals surface area (Å²) in [6.07, 6.45) is -1.98. The molecule has 12 nitrogen and oxygen atoms in total. The van der Waals surface area contributed by atoms with Crippen molar-refractivity contribution in [2.24, 2.45) is 0 Å². The van der Waals surface area contributed by atoms with Gasteiger partial charge in [-0.2, -0.15) is 4.98 Å². The maximum atomic E-state index is 13.0. The van der Waals surface area contributed by atoms with Gasteiger partial charge in [0, 0.05) is 6.07 Å². The zero-order valence-corrected chi connectivity index (χ0v) is 25.6. The van der Waals surface area contributed by atoms with E-state index in [4.69, 9.17) is 19.1 Å². The molecule has 0 unspecified atom stereocenters. The van der Waals surface area contributed by atoms with E-state index in [1.165, 1.54) is 0 Å². The van der Waals surface area contributed by atoms with Gasteiger partial charge in [-0.1, -0.05) is 0 Å². The number of hydrogen-bond acceptors (Lipinski definition) is 10. The molecule has 1 aromatic heterocycles. The molecule has 1 rings (SSSR count). The van der Waals surface area contributed by atoms with Crippen molar-refractivity contribution in [2.75, 3.05) is 10.1 Å². The molecule has 1 aromatic rings. The van der Waals surface area contributed by atoms with Crippen LogP contribution in [0.1, 0.15) is 93.6 Å². The van der Waals surface area contributed by atoms with E-state index in [1.807, 2.05) is 0 Å². The third-order valence-corrected chi connectivity index (χ3v) is 3.15. The summed E-state index contributed by atoms with van der Waals surface area (Å²) in [6, 6.07) is 0.957. The first kappa shape index (κ1) is 34.0. The second kappa shape index (κ2) is 12.0. The summed E-state index contributed by atoms with van der Waals surface area (Å²) in [4.78, 5) is 57.2. The number of anilines is 2. The van der Waals surface area contributed by atoms with E-state index >= 15 is 0 Å². The van der Waals surface area contributed by atoms with Gasteiger partial charge in [0.25, 0.3) is 5.95 Å². The molecular weight excluding hydrogens is 483 g/mol. The number of aromatic carboxylic acids is 1. The zero-order valence-electron chi connectivity index (χ0n) is 23.6. The predicted octanol–water partition coefficient (Wildman–Crippen LogP) is 0.787. The number of nitrogens with zero attached hydrogens (tertiary/aromatic N) is 4. The van der Waals surface area contributed by atoms with E-state index in [1.54, 1.807) is 83.1 Å². The van der Waals surface area contributed by atoms with Crippen molar-refractivity contribution in [2.45, 2.75) is 105 Å². The van der Waals surface area contributed by atoms with Crippen molar-refractivity contribution in [1.29, 1.82) is 0 Å². The van der Waals surface area contributed by atoms with Crippen molar-refractivity contribution < 1.29 is 68.2 Å². The molecule has 1 heterocycles. The Hall–Kier alpha value is -1.99. The van der Waals surface area contributed by atoms with E-state index in [9.17, 15) is 19.5 Å². The van der Waals surface area contributed by atoms with Gasteiger partial charge < -0.3 is 19.4 Å². The standard InChI is InChI=1S/C23H38N4O8.Na/c1-20(2,3)32-18(30)26(34-22(7,8)9)15-13-14(16(28)29)24-17(25-15)27(35-23(10,11)12)19(31)33-21(4,5)6;/h13H,1-12H3,(H,28,29);/q;+1/p-1. The summed E-state index contributed by atoms with van der Waals surface area (Å²) in [6.45, 7) is 19.9. The van der Waals surface area contributed by atoms with Crippen LogP contribution in [-0.2, 0) is 19.1 Å². The summed E-state index contributed by atoms with van der Waals surface area (Å²) in [5.41, 5.74) is -4.31. The van der Waals surface area contributed by atoms with E-state index in [-0.39, 0.29) is 35.4 Å². The van der Waals surface area contributed by atoms with E-state index in [0.29, 0.717) is 10.1 Å². The largest absolute Gasteiger partial charge is 1.00 e. The van der Waals surface area contributed by atoms with Crippen LogP contribution in [0.3, 0.4) is 0 Å². The van der Waals surface area contributed by atoms with Gasteiger partial charge >= 0.3 is 41.7 Å². The van der Waals surface area contributed by atoms with E-state index < -0.39 is 52.2 Å². The number of amides is 2. The quantitative estimate of drug-likeness (QED) is 0.404. The number of hydrogen-bond donors (Lipinski definition) is 0. The summed E-state index contributed by atoms with van der Waals surface area (Å²) < 4.78 is 10.8. The van der Waals surface area contributed by atoms with Gasteiger partial charge in [0.15, 0.2) is 5.82 Å². The Labute approximate surface area is 234 Å². The van der Waals surface area contributed by atoms with Gasteiger partial charge in [-0.05, 0) is 83.1 Å². The molecule has 2 amide bonds. The number of carbonyl (C=O) groups is 3. The van der Waals surface area contributed by atoms with Crippen LogP contribution in [0.5, 0.6) is 0 Å². The van der Waals surface area contributed by atoms with Crippen LogP contribution in [0.4, 0.5) is 21.4 Å². The number of aromatic nitrogens is 2. The molecule has 0 aliphatic rings. The number of carboxylic acids is 1. The third-order valence-electron chi connectivity index (χ3n) is 3.15. The fourth-order valence-electron chi connectivity index (χ4n) is 2.21. The van der Waals surface area contributed by atoms with Crippen LogP contribution in [0.25, 0.3) is 0 Å². The molecule has 36 heavy (non-hydrogen) atoms. The van der Waals surface area contributed by atoms with Crippen molar-refractivity contribution in [3.8, 4) is 0 Å². The van der Waals surface area contributed by atoms with Gasteiger partial charge in [-0.3, -0.25) is 9.68 Å². The molecule has 0 aromatic carbocycles. The van der Waals surface area contributed by atoms with Crippen LogP contribution >= 0.6 is 0 Å². The molecule has 0 aliphatic carbocycles. The maximum absolute atomic E-state index is 13.0. The Morgan fingerprint density at radius 3 is 1.44 bits per heavy atom. The fourth-order valence-corrected chi connectivity index (χ4v) is 2.21. The minimum Gasteiger partial charge on any atom is -0.543 e. The molecule has 0 N–H and O–H groups in total. The van der Waals surface area contributed by atoms with Gasteiger partial charge in [-0.15, -0.1) is 10.1 Å². The van der Waals surface area contributed by atoms with Gasteiger partial charge in [0.05, 0.1) is 22.9 Å². The second-order valence-corrected chi connectivity index (χ2v) is 11.7. The molecular formula is C23H37N4NaO8. The van der Waals surface area contributed by atoms with Gasteiger partial charge in [0.1, 0.15) is 11.2 Å². The van der Waals surface area contributed by atoms with Crippen molar-refractivity contribution in [3.63, 3.8) is 0 Å². The fraction of sp³-hybridized carbons (Fsp3) is 0.696. The Morgan fingerprint density at radius 1 is 0.694 bits per heavy atom. The number of ether oxygens (including phenoxy) is 2. The van der Waals surface area contributed by atoms with Crippen molar-refractivity contribution in [1.82, 2.24) is 9.97 Å². The predicted molar refractivity (Wildman–Crippen MR) is 125 cm³/mol. The number of carboxylic acid groups (broad SMARTS) is 1. The molecule has 0 atom stereocenters. The maximum Gasteiger partial charge on any atom is 1.00 e. The molecule has 0 aliphatic heterocycles. The smallest absolute Gasteiger partial charge is 0.543 e. The topological polar surface area (TPSA) is 143 Å². The first-order valence-electron chi connectivity index (χ1n) is 11.0. The zero-order chi connectivity index (χ0) is 27.6. The number of rotatable bonds is 5. The van der Waals surface area contributed by atoms with Crippen molar-refractivity contribution in [3.05, 3.63) is 11.8 Å². The van der Waals surface area contributed by atoms with Gasteiger partial charge in [-0.25, -0.2) is 14.6 Å². The Balaban J connectivity index is 0.0000122. The van der Waals surface area contributed by atoms with Crippen molar-refractivity contribution >= 4 is 29.9 Å². The van der Waals surface area contributed by atoms with Crippen LogP contribution in [-0.4, -0.2) is 50.5 Å². The van der Waals surface area contributed by atoms with Crippen LogP contribution < -0.4 is 44.8 Å². The normalized spacial score (nSPS) is 12.3. The minimum atomic E-state index is -1.69. The van der Waals surface area contributed by atoms with E-state index in [0.717, 1.165) is 6.07 Å². The summed E-state index contributed by atoms with van der Waals surface area (Å²) in [7, 11) is 0. The Kier molecular flexibility index (Phi) is 11.4. The third kappa shape index (κ3) is 12.3. The molecule has 0 radical (unpaired) electrons. The molecule has 0 fully saturated rings. The molecule has 0 bridgehead atoms. The monoisotopic (exact) mass is 520 g/mol. The minimum absolute atomic E-state index is 0.